The first-order valence-corrected chi connectivity index (χ1v) is 15.5. The van der Waals surface area contributed by atoms with E-state index < -0.39 is 50.0 Å². The number of aliphatic hydroxyl groups is 1. The van der Waals surface area contributed by atoms with Crippen LogP contribution in [-0.2, 0) is 25.5 Å². The number of nitrogens with two attached hydrogens (primary N) is 2. The van der Waals surface area contributed by atoms with Crippen LogP contribution in [0.15, 0.2) is 96.0 Å². The molecule has 3 aromatic carbocycles. The van der Waals surface area contributed by atoms with Gasteiger partial charge in [-0.3, -0.25) is 14.6 Å². The molecule has 0 spiro atoms. The van der Waals surface area contributed by atoms with Crippen molar-refractivity contribution < 1.29 is 37.8 Å². The summed E-state index contributed by atoms with van der Waals surface area (Å²) in [6.07, 6.45) is -1.02. The lowest BCUT2D eigenvalue weighted by molar-refractivity contribution is -0.130. The smallest absolute Gasteiger partial charge is 0.445 e. The zero-order valence-corrected chi connectivity index (χ0v) is 25.5. The number of aliphatic hydroxyl groups excluding tert-OH is 1. The van der Waals surface area contributed by atoms with Crippen molar-refractivity contribution in [1.82, 2.24) is 16.0 Å². The van der Waals surface area contributed by atoms with Gasteiger partial charge in [-0.25, -0.2) is 9.36 Å². The third kappa shape index (κ3) is 11.5. The lowest BCUT2D eigenvalue weighted by Crippen LogP contribution is -2.55. The van der Waals surface area contributed by atoms with Crippen molar-refractivity contribution in [2.24, 2.45) is 16.5 Å². The molecule has 3 amide bonds. The van der Waals surface area contributed by atoms with Crippen molar-refractivity contribution >= 4 is 31.5 Å². The highest BCUT2D eigenvalue weighted by molar-refractivity contribution is 7.55. The molecule has 0 radical (unpaired) electrons. The number of nitrogens with one attached hydrogen (secondary N) is 3. The van der Waals surface area contributed by atoms with Gasteiger partial charge in [-0.2, -0.15) is 0 Å². The van der Waals surface area contributed by atoms with E-state index in [1.165, 1.54) is 6.92 Å². The number of ether oxygens (including phenoxy) is 1. The average Bonchev–Trinajstić information content (AvgIpc) is 3.03. The molecule has 0 aliphatic rings. The first-order chi connectivity index (χ1) is 21.6. The molecule has 0 aliphatic carbocycles. The van der Waals surface area contributed by atoms with Gasteiger partial charge >= 0.3 is 13.7 Å². The van der Waals surface area contributed by atoms with Gasteiger partial charge in [0.15, 0.2) is 11.7 Å². The fraction of sp³-hybridized carbons (Fsp3) is 0.267. The van der Waals surface area contributed by atoms with Crippen molar-refractivity contribution in [3.05, 3.63) is 96.6 Å². The maximum Gasteiger partial charge on any atom is 0.452 e. The summed E-state index contributed by atoms with van der Waals surface area (Å²) in [4.78, 5) is 42.3. The number of carbonyl (C=O) groups excluding carboxylic acids is 3. The second kappa shape index (κ2) is 17.3. The second-order valence-electron chi connectivity index (χ2n) is 9.64. The minimum Gasteiger partial charge on any atom is -0.445 e. The first kappa shape index (κ1) is 34.4. The van der Waals surface area contributed by atoms with Gasteiger partial charge in [-0.05, 0) is 36.8 Å². The molecule has 0 bridgehead atoms. The van der Waals surface area contributed by atoms with E-state index in [0.29, 0.717) is 0 Å². The number of para-hydroxylation sites is 2. The second-order valence-corrected chi connectivity index (χ2v) is 11.7. The highest BCUT2D eigenvalue weighted by Crippen LogP contribution is 2.53. The number of amides is 3. The van der Waals surface area contributed by atoms with Gasteiger partial charge in [0.1, 0.15) is 30.2 Å². The minimum atomic E-state index is -4.25. The molecule has 0 saturated heterocycles. The molecule has 45 heavy (non-hydrogen) atoms. The van der Waals surface area contributed by atoms with Crippen LogP contribution >= 0.6 is 7.60 Å². The molecule has 0 aliphatic heterocycles. The molecule has 15 heteroatoms. The number of hydrogen-bond donors (Lipinski definition) is 6. The lowest BCUT2D eigenvalue weighted by Gasteiger charge is -2.29. The van der Waals surface area contributed by atoms with Crippen LogP contribution in [0.3, 0.4) is 0 Å². The summed E-state index contributed by atoms with van der Waals surface area (Å²) in [6.45, 7) is 0.495. The molecule has 3 atom stereocenters. The third-order valence-electron chi connectivity index (χ3n) is 6.10. The SMILES string of the molecule is C[C@H](NC(=O)[C@@H](CO)NC(=O)OCc1ccccc1)C(=O)NC(CCN=C(N)N)P(=O)(Oc1ccccc1)Oc1ccccc1. The number of hydrogen-bond acceptors (Lipinski definition) is 9. The van der Waals surface area contributed by atoms with E-state index in [1.54, 1.807) is 84.9 Å². The standard InChI is InChI=1S/C30H37N6O8P/c1-21(34-28(39)25(19-37)35-30(40)42-20-22-11-5-2-6-12-22)27(38)36-26(17-18-33-29(31)32)45(41,43-23-13-7-3-8-14-23)44-24-15-9-4-10-16-24/h2-16,21,25-26,37H,17-20H2,1H3,(H,34,39)(H,35,40)(H,36,38)(H4,31,32,33)/t21-,25+,26?/m0/s1. The van der Waals surface area contributed by atoms with Crippen molar-refractivity contribution in [3.8, 4) is 11.5 Å². The average molecular weight is 641 g/mol. The molecule has 240 valence electrons. The van der Waals surface area contributed by atoms with Crippen molar-refractivity contribution in [2.75, 3.05) is 13.2 Å². The molecule has 3 aromatic rings. The monoisotopic (exact) mass is 640 g/mol. The Kier molecular flexibility index (Phi) is 13.2. The molecule has 3 rings (SSSR count). The van der Waals surface area contributed by atoms with Crippen LogP contribution in [0.2, 0.25) is 0 Å². The van der Waals surface area contributed by atoms with Crippen LogP contribution in [0.25, 0.3) is 0 Å². The molecule has 1 unspecified atom stereocenters. The van der Waals surface area contributed by atoms with Crippen molar-refractivity contribution in [1.29, 1.82) is 0 Å². The van der Waals surface area contributed by atoms with Gasteiger partial charge in [-0.15, -0.1) is 0 Å². The van der Waals surface area contributed by atoms with Gasteiger partial charge in [0.25, 0.3) is 0 Å². The molecular weight excluding hydrogens is 603 g/mol. The van der Waals surface area contributed by atoms with Crippen molar-refractivity contribution in [2.45, 2.75) is 37.8 Å². The predicted molar refractivity (Wildman–Crippen MR) is 167 cm³/mol. The molecule has 0 heterocycles. The molecule has 0 aromatic heterocycles. The number of benzene rings is 3. The maximum absolute atomic E-state index is 14.4. The van der Waals surface area contributed by atoms with Crippen LogP contribution in [0.1, 0.15) is 18.9 Å². The summed E-state index contributed by atoms with van der Waals surface area (Å²) in [5.41, 5.74) is 11.7. The fourth-order valence-corrected chi connectivity index (χ4v) is 5.64. The highest BCUT2D eigenvalue weighted by atomic mass is 31.2. The Labute approximate surface area is 260 Å². The number of guanidine groups is 1. The minimum absolute atomic E-state index is 0.0457. The van der Waals surface area contributed by atoms with Gasteiger partial charge in [0, 0.05) is 13.0 Å². The number of aliphatic imine (C=N–C) groups is 1. The number of rotatable bonds is 16. The highest BCUT2D eigenvalue weighted by Gasteiger charge is 2.41. The Bertz CT molecular complexity index is 1410. The van der Waals surface area contributed by atoms with Crippen LogP contribution in [0.4, 0.5) is 4.79 Å². The zero-order valence-electron chi connectivity index (χ0n) is 24.6. The summed E-state index contributed by atoms with van der Waals surface area (Å²) >= 11 is 0. The van der Waals surface area contributed by atoms with E-state index in [2.05, 4.69) is 20.9 Å². The van der Waals surface area contributed by atoms with Gasteiger partial charge in [0.05, 0.1) is 6.61 Å². The molecule has 0 saturated carbocycles. The predicted octanol–water partition coefficient (Wildman–Crippen LogP) is 2.24. The quantitative estimate of drug-likeness (QED) is 0.0762. The van der Waals surface area contributed by atoms with E-state index >= 15 is 0 Å². The Morgan fingerprint density at radius 1 is 0.822 bits per heavy atom. The molecule has 0 fully saturated rings. The van der Waals surface area contributed by atoms with Crippen LogP contribution < -0.4 is 36.5 Å². The van der Waals surface area contributed by atoms with Crippen LogP contribution in [-0.4, -0.2) is 60.0 Å². The number of alkyl carbamates (subject to hydrolysis) is 1. The summed E-state index contributed by atoms with van der Waals surface area (Å²) in [5.74, 6) is -2.69. The van der Waals surface area contributed by atoms with Crippen LogP contribution in [0.5, 0.6) is 11.5 Å². The Hall–Kier alpha value is -5.07. The number of nitrogens with zero attached hydrogens (tertiary/aromatic N) is 1. The summed E-state index contributed by atoms with van der Waals surface area (Å²) in [5, 5.41) is 17.0. The van der Waals surface area contributed by atoms with Gasteiger partial charge < -0.3 is 46.3 Å². The van der Waals surface area contributed by atoms with Crippen LogP contribution in [0, 0.1) is 0 Å². The van der Waals surface area contributed by atoms with E-state index in [1.807, 2.05) is 6.07 Å². The summed E-state index contributed by atoms with van der Waals surface area (Å²) < 4.78 is 31.2. The zero-order chi connectivity index (χ0) is 32.7. The van der Waals surface area contributed by atoms with Gasteiger partial charge in [-0.1, -0.05) is 66.7 Å². The Morgan fingerprint density at radius 2 is 1.36 bits per heavy atom. The molecule has 8 N–H and O–H groups in total. The molecule has 14 nitrogen and oxygen atoms in total. The summed E-state index contributed by atoms with van der Waals surface area (Å²) in [6, 6.07) is 22.7. The van der Waals surface area contributed by atoms with E-state index in [4.69, 9.17) is 25.3 Å². The van der Waals surface area contributed by atoms with E-state index in [-0.39, 0.29) is 37.0 Å². The number of carbonyl (C=O) groups is 3. The largest absolute Gasteiger partial charge is 0.452 e. The topological polar surface area (TPSA) is 217 Å². The molecular formula is C30H37N6O8P. The third-order valence-corrected chi connectivity index (χ3v) is 8.18. The Morgan fingerprint density at radius 3 is 1.87 bits per heavy atom. The summed E-state index contributed by atoms with van der Waals surface area (Å²) in [7, 11) is -4.25. The first-order valence-electron chi connectivity index (χ1n) is 13.9. The Balaban J connectivity index is 1.72. The normalized spacial score (nSPS) is 12.8. The van der Waals surface area contributed by atoms with E-state index in [0.717, 1.165) is 5.56 Å². The van der Waals surface area contributed by atoms with E-state index in [9.17, 15) is 24.1 Å². The fourth-order valence-electron chi connectivity index (χ4n) is 3.80. The maximum atomic E-state index is 14.4. The van der Waals surface area contributed by atoms with Gasteiger partial charge in [0.2, 0.25) is 11.8 Å². The van der Waals surface area contributed by atoms with Crippen molar-refractivity contribution in [3.63, 3.8) is 0 Å². The lowest BCUT2D eigenvalue weighted by atomic mass is 10.2.